The summed E-state index contributed by atoms with van der Waals surface area (Å²) in [7, 11) is 0. The molecular weight excluding hydrogens is 302 g/mol. The minimum atomic E-state index is 0. The van der Waals surface area contributed by atoms with E-state index < -0.39 is 0 Å². The predicted molar refractivity (Wildman–Crippen MR) is 88.0 cm³/mol. The fourth-order valence-electron chi connectivity index (χ4n) is 4.15. The van der Waals surface area contributed by atoms with E-state index in [-0.39, 0.29) is 30.1 Å². The summed E-state index contributed by atoms with van der Waals surface area (Å²) in [4.78, 5) is 28.1. The molecule has 1 unspecified atom stereocenters. The summed E-state index contributed by atoms with van der Waals surface area (Å²) in [5.41, 5.74) is 0.453. The molecular formula is C16H28ClN3O2. The lowest BCUT2D eigenvalue weighted by Crippen LogP contribution is -2.50. The van der Waals surface area contributed by atoms with E-state index in [0.717, 1.165) is 58.4 Å². The number of piperidine rings is 2. The number of nitrogens with one attached hydrogen (secondary N) is 1. The highest BCUT2D eigenvalue weighted by Crippen LogP contribution is 2.37. The summed E-state index contributed by atoms with van der Waals surface area (Å²) in [6.45, 7) is 7.09. The van der Waals surface area contributed by atoms with Gasteiger partial charge in [-0.15, -0.1) is 12.4 Å². The van der Waals surface area contributed by atoms with Crippen molar-refractivity contribution in [1.29, 1.82) is 0 Å². The molecule has 3 heterocycles. The first-order chi connectivity index (χ1) is 10.1. The number of amides is 2. The third-order valence-corrected chi connectivity index (χ3v) is 5.68. The average molecular weight is 330 g/mol. The Morgan fingerprint density at radius 2 is 1.82 bits per heavy atom. The van der Waals surface area contributed by atoms with Gasteiger partial charge in [0.25, 0.3) is 0 Å². The van der Waals surface area contributed by atoms with Gasteiger partial charge in [0.15, 0.2) is 0 Å². The van der Waals surface area contributed by atoms with Crippen LogP contribution >= 0.6 is 12.4 Å². The summed E-state index contributed by atoms with van der Waals surface area (Å²) in [5.74, 6) is 0.405. The fourth-order valence-corrected chi connectivity index (χ4v) is 4.15. The summed E-state index contributed by atoms with van der Waals surface area (Å²) >= 11 is 0. The smallest absolute Gasteiger partial charge is 0.227 e. The van der Waals surface area contributed by atoms with Crippen LogP contribution in [0.3, 0.4) is 0 Å². The SMILES string of the molecule is CC(=O)N1CCCC(C(=O)N2CCC3(CCNC3)CC2)C1.Cl. The van der Waals surface area contributed by atoms with Crippen LogP contribution in [0.2, 0.25) is 0 Å². The lowest BCUT2D eigenvalue weighted by Gasteiger charge is -2.41. The lowest BCUT2D eigenvalue weighted by atomic mass is 9.77. The van der Waals surface area contributed by atoms with Gasteiger partial charge in [0, 0.05) is 39.6 Å². The highest BCUT2D eigenvalue weighted by Gasteiger charge is 2.39. The maximum atomic E-state index is 12.7. The molecule has 3 rings (SSSR count). The summed E-state index contributed by atoms with van der Waals surface area (Å²) in [6.07, 6.45) is 5.42. The number of hydrogen-bond acceptors (Lipinski definition) is 3. The van der Waals surface area contributed by atoms with Crippen LogP contribution in [0.5, 0.6) is 0 Å². The molecule has 0 aromatic heterocycles. The standard InChI is InChI=1S/C16H27N3O2.ClH/c1-13(20)19-8-2-3-14(11-19)15(21)18-9-5-16(6-10-18)4-7-17-12-16;/h14,17H,2-12H2,1H3;1H. The molecule has 0 bridgehead atoms. The number of rotatable bonds is 1. The minimum Gasteiger partial charge on any atom is -0.342 e. The molecule has 5 nitrogen and oxygen atoms in total. The highest BCUT2D eigenvalue weighted by molar-refractivity contribution is 5.85. The molecule has 3 aliphatic heterocycles. The van der Waals surface area contributed by atoms with Gasteiger partial charge < -0.3 is 15.1 Å². The number of nitrogens with zero attached hydrogens (tertiary/aromatic N) is 2. The normalized spacial score (nSPS) is 27.6. The van der Waals surface area contributed by atoms with E-state index in [1.54, 1.807) is 6.92 Å². The van der Waals surface area contributed by atoms with Crippen LogP contribution < -0.4 is 5.32 Å². The predicted octanol–water partition coefficient (Wildman–Crippen LogP) is 1.27. The first-order valence-corrected chi connectivity index (χ1v) is 8.35. The monoisotopic (exact) mass is 329 g/mol. The van der Waals surface area contributed by atoms with Gasteiger partial charge in [0.2, 0.25) is 11.8 Å². The Bertz CT molecular complexity index is 414. The number of likely N-dealkylation sites (tertiary alicyclic amines) is 2. The van der Waals surface area contributed by atoms with E-state index in [2.05, 4.69) is 10.2 Å². The zero-order valence-corrected chi connectivity index (χ0v) is 14.3. The number of hydrogen-bond donors (Lipinski definition) is 1. The van der Waals surface area contributed by atoms with Crippen LogP contribution in [0.15, 0.2) is 0 Å². The van der Waals surface area contributed by atoms with Crippen LogP contribution in [0, 0.1) is 11.3 Å². The van der Waals surface area contributed by atoms with Crippen molar-refractivity contribution in [2.75, 3.05) is 39.3 Å². The molecule has 1 atom stereocenters. The van der Waals surface area contributed by atoms with Gasteiger partial charge in [-0.1, -0.05) is 0 Å². The molecule has 126 valence electrons. The van der Waals surface area contributed by atoms with E-state index in [0.29, 0.717) is 12.0 Å². The molecule has 0 aliphatic carbocycles. The van der Waals surface area contributed by atoms with Crippen molar-refractivity contribution in [3.8, 4) is 0 Å². The molecule has 2 amide bonds. The zero-order chi connectivity index (χ0) is 14.9. The Morgan fingerprint density at radius 3 is 2.41 bits per heavy atom. The highest BCUT2D eigenvalue weighted by atomic mass is 35.5. The van der Waals surface area contributed by atoms with E-state index in [4.69, 9.17) is 0 Å². The Balaban J connectivity index is 0.00000176. The molecule has 3 fully saturated rings. The summed E-state index contributed by atoms with van der Waals surface area (Å²) < 4.78 is 0. The van der Waals surface area contributed by atoms with Crippen LogP contribution in [0.4, 0.5) is 0 Å². The quantitative estimate of drug-likeness (QED) is 0.788. The molecule has 0 aromatic rings. The van der Waals surface area contributed by atoms with Crippen LogP contribution in [-0.4, -0.2) is 60.9 Å². The van der Waals surface area contributed by atoms with Crippen molar-refractivity contribution in [3.05, 3.63) is 0 Å². The van der Waals surface area contributed by atoms with Crippen molar-refractivity contribution < 1.29 is 9.59 Å². The summed E-state index contributed by atoms with van der Waals surface area (Å²) in [6, 6.07) is 0. The Hall–Kier alpha value is -0.810. The first-order valence-electron chi connectivity index (χ1n) is 8.35. The topological polar surface area (TPSA) is 52.7 Å². The Morgan fingerprint density at radius 1 is 1.09 bits per heavy atom. The van der Waals surface area contributed by atoms with E-state index in [9.17, 15) is 9.59 Å². The fraction of sp³-hybridized carbons (Fsp3) is 0.875. The second-order valence-electron chi connectivity index (χ2n) is 7.06. The van der Waals surface area contributed by atoms with Crippen LogP contribution in [-0.2, 0) is 9.59 Å². The molecule has 0 aromatic carbocycles. The van der Waals surface area contributed by atoms with E-state index in [1.165, 1.54) is 6.42 Å². The van der Waals surface area contributed by atoms with Gasteiger partial charge in [-0.05, 0) is 44.1 Å². The van der Waals surface area contributed by atoms with Gasteiger partial charge in [0.05, 0.1) is 5.92 Å². The maximum absolute atomic E-state index is 12.7. The van der Waals surface area contributed by atoms with E-state index in [1.807, 2.05) is 4.90 Å². The second-order valence-corrected chi connectivity index (χ2v) is 7.06. The molecule has 0 saturated carbocycles. The maximum Gasteiger partial charge on any atom is 0.227 e. The van der Waals surface area contributed by atoms with Gasteiger partial charge in [-0.3, -0.25) is 9.59 Å². The van der Waals surface area contributed by atoms with Crippen molar-refractivity contribution in [3.63, 3.8) is 0 Å². The van der Waals surface area contributed by atoms with E-state index >= 15 is 0 Å². The molecule has 0 radical (unpaired) electrons. The Labute approximate surface area is 139 Å². The third-order valence-electron chi connectivity index (χ3n) is 5.68. The van der Waals surface area contributed by atoms with Crippen molar-refractivity contribution in [2.24, 2.45) is 11.3 Å². The van der Waals surface area contributed by atoms with Crippen LogP contribution in [0.25, 0.3) is 0 Å². The third kappa shape index (κ3) is 3.57. The largest absolute Gasteiger partial charge is 0.342 e. The van der Waals surface area contributed by atoms with Gasteiger partial charge in [0.1, 0.15) is 0 Å². The molecule has 6 heteroatoms. The number of halogens is 1. The average Bonchev–Trinajstić information content (AvgIpc) is 2.96. The number of carbonyl (C=O) groups is 2. The molecule has 3 aliphatic rings. The van der Waals surface area contributed by atoms with Crippen molar-refractivity contribution in [1.82, 2.24) is 15.1 Å². The lowest BCUT2D eigenvalue weighted by molar-refractivity contribution is -0.141. The molecule has 3 saturated heterocycles. The van der Waals surface area contributed by atoms with Crippen molar-refractivity contribution in [2.45, 2.75) is 39.0 Å². The Kier molecular flexibility index (Phi) is 5.72. The van der Waals surface area contributed by atoms with Crippen molar-refractivity contribution >= 4 is 24.2 Å². The number of carbonyl (C=O) groups excluding carboxylic acids is 2. The molecule has 1 N–H and O–H groups in total. The second kappa shape index (κ2) is 7.18. The zero-order valence-electron chi connectivity index (χ0n) is 13.5. The molecule has 22 heavy (non-hydrogen) atoms. The van der Waals surface area contributed by atoms with Gasteiger partial charge >= 0.3 is 0 Å². The minimum absolute atomic E-state index is 0. The van der Waals surface area contributed by atoms with Gasteiger partial charge in [-0.25, -0.2) is 0 Å². The van der Waals surface area contributed by atoms with Crippen LogP contribution in [0.1, 0.15) is 39.0 Å². The molecule has 1 spiro atoms. The summed E-state index contributed by atoms with van der Waals surface area (Å²) in [5, 5.41) is 3.46. The first kappa shape index (κ1) is 17.5. The van der Waals surface area contributed by atoms with Gasteiger partial charge in [-0.2, -0.15) is 0 Å².